The van der Waals surface area contributed by atoms with Gasteiger partial charge in [0, 0.05) is 37.6 Å². The van der Waals surface area contributed by atoms with E-state index in [1.54, 1.807) is 0 Å². The zero-order valence-electron chi connectivity index (χ0n) is 20.2. The van der Waals surface area contributed by atoms with E-state index in [1.807, 2.05) is 41.5 Å². The number of likely N-dealkylation sites (N-methyl/N-ethyl adjacent to an activating group) is 1. The van der Waals surface area contributed by atoms with E-state index in [4.69, 9.17) is 13.8 Å². The Kier molecular flexibility index (Phi) is 11.4. The van der Waals surface area contributed by atoms with Crippen LogP contribution in [0.15, 0.2) is 0 Å². The number of nitrogens with zero attached hydrogens (tertiary/aromatic N) is 2. The number of esters is 1. The Balaban J connectivity index is 2.54. The highest BCUT2D eigenvalue weighted by Crippen LogP contribution is 2.63. The Bertz CT molecular complexity index is 574. The summed E-state index contributed by atoms with van der Waals surface area (Å²) in [6.07, 6.45) is 2.25. The third-order valence-electron chi connectivity index (χ3n) is 4.99. The molecule has 0 saturated carbocycles. The van der Waals surface area contributed by atoms with E-state index in [0.717, 1.165) is 63.4 Å². The summed E-state index contributed by atoms with van der Waals surface area (Å²) in [5.74, 6) is -0.337. The lowest BCUT2D eigenvalue weighted by Gasteiger charge is -2.34. The molecule has 2 atom stereocenters. The minimum atomic E-state index is -3.45. The number of hydrogen-bond donors (Lipinski definition) is 0. The van der Waals surface area contributed by atoms with Crippen LogP contribution in [0.4, 0.5) is 0 Å². The van der Waals surface area contributed by atoms with Gasteiger partial charge >= 0.3 is 12.8 Å². The van der Waals surface area contributed by atoms with Gasteiger partial charge in [-0.25, -0.2) is 4.57 Å². The highest BCUT2D eigenvalue weighted by molar-refractivity contribution is 8.55. The lowest BCUT2D eigenvalue weighted by molar-refractivity contribution is -0.152. The predicted octanol–water partition coefficient (Wildman–Crippen LogP) is 5.01. The van der Waals surface area contributed by atoms with Gasteiger partial charge in [0.2, 0.25) is 0 Å². The quantitative estimate of drug-likeness (QED) is 0.226. The average molecular weight is 467 g/mol. The van der Waals surface area contributed by atoms with Gasteiger partial charge in [0.1, 0.15) is 5.94 Å². The third kappa shape index (κ3) is 11.0. The summed E-state index contributed by atoms with van der Waals surface area (Å²) in [6, 6.07) is 0. The summed E-state index contributed by atoms with van der Waals surface area (Å²) >= 11 is 0.948. The van der Waals surface area contributed by atoms with E-state index < -0.39 is 17.8 Å². The van der Waals surface area contributed by atoms with Crippen molar-refractivity contribution in [3.8, 4) is 0 Å². The maximum atomic E-state index is 13.2. The number of piperazine rings is 1. The van der Waals surface area contributed by atoms with Crippen LogP contribution >= 0.6 is 18.2 Å². The van der Waals surface area contributed by atoms with Gasteiger partial charge in [-0.1, -0.05) is 13.3 Å². The molecule has 0 aromatic heterocycles. The van der Waals surface area contributed by atoms with Gasteiger partial charge in [-0.3, -0.25) is 13.8 Å². The van der Waals surface area contributed by atoms with Crippen molar-refractivity contribution in [3.63, 3.8) is 0 Å². The van der Waals surface area contributed by atoms with Crippen molar-refractivity contribution in [3.05, 3.63) is 0 Å². The van der Waals surface area contributed by atoms with Crippen LogP contribution in [0.25, 0.3) is 0 Å². The summed E-state index contributed by atoms with van der Waals surface area (Å²) in [5, 5.41) is 0. The largest absolute Gasteiger partial charge is 0.454 e. The normalized spacial score (nSPS) is 20.0. The van der Waals surface area contributed by atoms with E-state index in [-0.39, 0.29) is 18.0 Å². The molecule has 1 heterocycles. The molecule has 2 unspecified atom stereocenters. The molecule has 0 spiro atoms. The van der Waals surface area contributed by atoms with Gasteiger partial charge in [0.15, 0.2) is 0 Å². The van der Waals surface area contributed by atoms with Crippen LogP contribution in [-0.4, -0.2) is 73.2 Å². The fourth-order valence-corrected chi connectivity index (χ4v) is 6.70. The highest BCUT2D eigenvalue weighted by atomic mass is 32.7. The first-order valence-electron chi connectivity index (χ1n) is 11.0. The zero-order valence-corrected chi connectivity index (χ0v) is 21.9. The van der Waals surface area contributed by atoms with Crippen LogP contribution in [0.5, 0.6) is 0 Å². The Labute approximate surface area is 187 Å². The number of carbonyl (C=O) groups is 1. The average Bonchev–Trinajstić information content (AvgIpc) is 2.59. The van der Waals surface area contributed by atoms with Crippen LogP contribution in [-0.2, 0) is 23.1 Å². The number of rotatable bonds is 12. The lowest BCUT2D eigenvalue weighted by Crippen LogP contribution is -2.45. The number of hydrogen-bond acceptors (Lipinski definition) is 8. The fraction of sp³-hybridized carbons (Fsp3) is 0.952. The molecular formula is C21H43N2O5PS. The monoisotopic (exact) mass is 466 g/mol. The second-order valence-corrected chi connectivity index (χ2v) is 13.7. The maximum absolute atomic E-state index is 13.2. The zero-order chi connectivity index (χ0) is 23.0. The van der Waals surface area contributed by atoms with Gasteiger partial charge in [0.25, 0.3) is 0 Å². The van der Waals surface area contributed by atoms with Crippen LogP contribution in [0.1, 0.15) is 67.7 Å². The van der Waals surface area contributed by atoms with Gasteiger partial charge in [-0.05, 0) is 68.0 Å². The minimum absolute atomic E-state index is 0.0526. The molecule has 0 N–H and O–H groups in total. The molecule has 0 radical (unpaired) electrons. The van der Waals surface area contributed by atoms with Crippen molar-refractivity contribution in [2.75, 3.05) is 45.7 Å². The first kappa shape index (κ1) is 27.9. The van der Waals surface area contributed by atoms with E-state index in [1.165, 1.54) is 0 Å². The Hall–Kier alpha value is -0.110. The van der Waals surface area contributed by atoms with Crippen LogP contribution in [0.2, 0.25) is 0 Å². The molecule has 1 aliphatic heterocycles. The summed E-state index contributed by atoms with van der Waals surface area (Å²) in [4.78, 5) is 17.4. The van der Waals surface area contributed by atoms with Gasteiger partial charge in [-0.15, -0.1) is 0 Å². The van der Waals surface area contributed by atoms with E-state index in [0.29, 0.717) is 0 Å². The van der Waals surface area contributed by atoms with E-state index in [9.17, 15) is 9.36 Å². The van der Waals surface area contributed by atoms with Crippen molar-refractivity contribution in [1.29, 1.82) is 0 Å². The second-order valence-electron chi connectivity index (χ2n) is 9.81. The lowest BCUT2D eigenvalue weighted by atomic mass is 9.89. The van der Waals surface area contributed by atoms with Crippen molar-refractivity contribution < 1.29 is 23.1 Å². The van der Waals surface area contributed by atoms with Crippen molar-refractivity contribution in [2.24, 2.45) is 5.41 Å². The molecule has 1 fully saturated rings. The molecule has 1 aliphatic rings. The van der Waals surface area contributed by atoms with E-state index >= 15 is 0 Å². The maximum Gasteiger partial charge on any atom is 0.393 e. The summed E-state index contributed by atoms with van der Waals surface area (Å²) in [5.41, 5.74) is -1.23. The topological polar surface area (TPSA) is 68.3 Å². The number of carbonyl (C=O) groups excluding carboxylic acids is 1. The number of ether oxygens (including phenoxy) is 1. The van der Waals surface area contributed by atoms with E-state index in [2.05, 4.69) is 23.8 Å². The van der Waals surface area contributed by atoms with Crippen LogP contribution in [0.3, 0.4) is 0 Å². The summed E-state index contributed by atoms with van der Waals surface area (Å²) < 4.78 is 30.2. The van der Waals surface area contributed by atoms with Crippen LogP contribution < -0.4 is 0 Å². The van der Waals surface area contributed by atoms with Crippen LogP contribution in [0, 0.1) is 5.41 Å². The van der Waals surface area contributed by atoms with Crippen molar-refractivity contribution in [2.45, 2.75) is 79.4 Å². The summed E-state index contributed by atoms with van der Waals surface area (Å²) in [6.45, 7) is 14.8. The predicted molar refractivity (Wildman–Crippen MR) is 125 cm³/mol. The third-order valence-corrected chi connectivity index (χ3v) is 8.67. The Morgan fingerprint density at radius 2 is 1.73 bits per heavy atom. The first-order valence-corrected chi connectivity index (χ1v) is 14.1. The SMILES string of the molecule is CCCC(C)OP(=O)(OC(C)(C)C)SCOC(=O)C(C)(C)CCN1CCN(C)CC1. The highest BCUT2D eigenvalue weighted by Gasteiger charge is 2.35. The van der Waals surface area contributed by atoms with Crippen molar-refractivity contribution in [1.82, 2.24) is 9.80 Å². The van der Waals surface area contributed by atoms with Gasteiger partial charge in [-0.2, -0.15) is 0 Å². The summed E-state index contributed by atoms with van der Waals surface area (Å²) in [7, 11) is 2.13. The van der Waals surface area contributed by atoms with Gasteiger partial charge in [0.05, 0.1) is 17.1 Å². The molecule has 0 aliphatic carbocycles. The Morgan fingerprint density at radius 3 is 2.27 bits per heavy atom. The minimum Gasteiger partial charge on any atom is -0.454 e. The molecule has 30 heavy (non-hydrogen) atoms. The molecule has 1 saturated heterocycles. The molecule has 7 nitrogen and oxygen atoms in total. The Morgan fingerprint density at radius 1 is 1.13 bits per heavy atom. The second kappa shape index (κ2) is 12.2. The molecule has 9 heteroatoms. The molecule has 1 rings (SSSR count). The van der Waals surface area contributed by atoms with Gasteiger partial charge < -0.3 is 14.5 Å². The fourth-order valence-electron chi connectivity index (χ4n) is 3.04. The molecule has 0 aromatic carbocycles. The molecule has 0 aromatic rings. The first-order chi connectivity index (χ1) is 13.8. The molecular weight excluding hydrogens is 423 g/mol. The smallest absolute Gasteiger partial charge is 0.393 e. The molecule has 178 valence electrons. The van der Waals surface area contributed by atoms with Crippen molar-refractivity contribution >= 4 is 24.1 Å². The molecule has 0 bridgehead atoms. The standard InChI is InChI=1S/C21H43N2O5PS/c1-9-10-18(2)27-29(25,28-20(3,4)5)30-17-26-19(24)21(6,7)11-12-23-15-13-22(8)14-16-23/h18H,9-17H2,1-8H3. The molecule has 0 amide bonds.